The van der Waals surface area contributed by atoms with Crippen molar-refractivity contribution in [1.82, 2.24) is 10.0 Å². The zero-order chi connectivity index (χ0) is 21.7. The minimum atomic E-state index is -3.56. The van der Waals surface area contributed by atoms with Crippen molar-refractivity contribution in [1.29, 1.82) is 0 Å². The second-order valence-corrected chi connectivity index (χ2v) is 9.74. The molecule has 0 saturated carbocycles. The SMILES string of the molecule is COc1ccc(C(C)NC(=O)CCc2ccc(S(=O)(=O)NC(C)(C)C)cc2)cc1. The fourth-order valence-electron chi connectivity index (χ4n) is 2.84. The van der Waals surface area contributed by atoms with Crippen LogP contribution in [0.5, 0.6) is 5.75 Å². The van der Waals surface area contributed by atoms with Gasteiger partial charge in [-0.25, -0.2) is 13.1 Å². The molecule has 0 aliphatic carbocycles. The van der Waals surface area contributed by atoms with Gasteiger partial charge >= 0.3 is 0 Å². The highest BCUT2D eigenvalue weighted by atomic mass is 32.2. The summed E-state index contributed by atoms with van der Waals surface area (Å²) in [5.41, 5.74) is 1.36. The minimum Gasteiger partial charge on any atom is -0.497 e. The van der Waals surface area contributed by atoms with Crippen LogP contribution in [0.15, 0.2) is 53.4 Å². The summed E-state index contributed by atoms with van der Waals surface area (Å²) in [6.45, 7) is 7.32. The second kappa shape index (κ2) is 9.41. The zero-order valence-electron chi connectivity index (χ0n) is 17.7. The van der Waals surface area contributed by atoms with E-state index in [9.17, 15) is 13.2 Å². The molecule has 29 heavy (non-hydrogen) atoms. The van der Waals surface area contributed by atoms with E-state index in [2.05, 4.69) is 10.0 Å². The predicted octanol–water partition coefficient (Wildman–Crippen LogP) is 3.58. The number of ether oxygens (including phenoxy) is 1. The molecule has 0 radical (unpaired) electrons. The first-order chi connectivity index (χ1) is 13.5. The highest BCUT2D eigenvalue weighted by molar-refractivity contribution is 7.89. The van der Waals surface area contributed by atoms with E-state index in [1.54, 1.807) is 52.1 Å². The van der Waals surface area contributed by atoms with Crippen LogP contribution in [-0.2, 0) is 21.2 Å². The Hall–Kier alpha value is -2.38. The summed E-state index contributed by atoms with van der Waals surface area (Å²) in [4.78, 5) is 12.5. The van der Waals surface area contributed by atoms with Gasteiger partial charge in [-0.1, -0.05) is 24.3 Å². The highest BCUT2D eigenvalue weighted by Crippen LogP contribution is 2.18. The van der Waals surface area contributed by atoms with Gasteiger partial charge in [0.25, 0.3) is 0 Å². The van der Waals surface area contributed by atoms with Gasteiger partial charge in [0.1, 0.15) is 5.75 Å². The molecule has 2 aromatic rings. The lowest BCUT2D eigenvalue weighted by molar-refractivity contribution is -0.121. The minimum absolute atomic E-state index is 0.0561. The van der Waals surface area contributed by atoms with Gasteiger partial charge in [0.15, 0.2) is 0 Å². The standard InChI is InChI=1S/C22H30N2O4S/c1-16(18-9-11-19(28-5)12-10-18)23-21(25)15-8-17-6-13-20(14-7-17)29(26,27)24-22(2,3)4/h6-7,9-14,16,24H,8,15H2,1-5H3,(H,23,25). The van der Waals surface area contributed by atoms with Crippen molar-refractivity contribution in [2.24, 2.45) is 0 Å². The Morgan fingerprint density at radius 2 is 1.62 bits per heavy atom. The van der Waals surface area contributed by atoms with Crippen LogP contribution < -0.4 is 14.8 Å². The number of sulfonamides is 1. The largest absolute Gasteiger partial charge is 0.497 e. The van der Waals surface area contributed by atoms with E-state index in [1.165, 1.54) is 0 Å². The van der Waals surface area contributed by atoms with Gasteiger partial charge in [0.05, 0.1) is 18.0 Å². The maximum absolute atomic E-state index is 12.3. The van der Waals surface area contributed by atoms with Gasteiger partial charge in [0, 0.05) is 12.0 Å². The van der Waals surface area contributed by atoms with Crippen LogP contribution >= 0.6 is 0 Å². The van der Waals surface area contributed by atoms with Gasteiger partial charge in [-0.3, -0.25) is 4.79 Å². The van der Waals surface area contributed by atoms with Gasteiger partial charge in [0.2, 0.25) is 15.9 Å². The zero-order valence-corrected chi connectivity index (χ0v) is 18.5. The van der Waals surface area contributed by atoms with E-state index >= 15 is 0 Å². The number of carbonyl (C=O) groups is 1. The molecule has 2 N–H and O–H groups in total. The Kier molecular flexibility index (Phi) is 7.43. The lowest BCUT2D eigenvalue weighted by Gasteiger charge is -2.20. The molecule has 0 spiro atoms. The summed E-state index contributed by atoms with van der Waals surface area (Å²) in [6, 6.07) is 14.1. The van der Waals surface area contributed by atoms with Crippen molar-refractivity contribution in [3.63, 3.8) is 0 Å². The molecule has 2 aromatic carbocycles. The average Bonchev–Trinajstić information content (AvgIpc) is 2.65. The normalized spacial score (nSPS) is 13.0. The first kappa shape index (κ1) is 22.9. The summed E-state index contributed by atoms with van der Waals surface area (Å²) in [5.74, 6) is 0.717. The van der Waals surface area contributed by atoms with Crippen LogP contribution in [0.25, 0.3) is 0 Å². The first-order valence-electron chi connectivity index (χ1n) is 9.56. The molecule has 0 aliphatic heterocycles. The molecule has 0 heterocycles. The topological polar surface area (TPSA) is 84.5 Å². The van der Waals surface area contributed by atoms with E-state index in [0.29, 0.717) is 12.8 Å². The fourth-order valence-corrected chi connectivity index (χ4v) is 4.26. The van der Waals surface area contributed by atoms with E-state index in [-0.39, 0.29) is 16.8 Å². The van der Waals surface area contributed by atoms with Crippen LogP contribution in [0, 0.1) is 0 Å². The van der Waals surface area contributed by atoms with E-state index in [4.69, 9.17) is 4.74 Å². The molecule has 0 bridgehead atoms. The molecule has 2 rings (SSSR count). The molecule has 6 nitrogen and oxygen atoms in total. The van der Waals surface area contributed by atoms with Crippen molar-refractivity contribution < 1.29 is 17.9 Å². The van der Waals surface area contributed by atoms with Crippen LogP contribution in [0.3, 0.4) is 0 Å². The molecule has 0 fully saturated rings. The quantitative estimate of drug-likeness (QED) is 0.686. The molecule has 1 unspecified atom stereocenters. The maximum atomic E-state index is 12.3. The van der Waals surface area contributed by atoms with Crippen LogP contribution in [0.2, 0.25) is 0 Å². The molecule has 7 heteroatoms. The van der Waals surface area contributed by atoms with Crippen LogP contribution in [-0.4, -0.2) is 27.0 Å². The van der Waals surface area contributed by atoms with E-state index < -0.39 is 15.6 Å². The van der Waals surface area contributed by atoms with Gasteiger partial charge in [-0.2, -0.15) is 0 Å². The Morgan fingerprint density at radius 3 is 2.14 bits per heavy atom. The highest BCUT2D eigenvalue weighted by Gasteiger charge is 2.21. The molecule has 0 aromatic heterocycles. The molecule has 0 aliphatic rings. The molecule has 1 amide bonds. The fraction of sp³-hybridized carbons (Fsp3) is 0.409. The second-order valence-electron chi connectivity index (χ2n) is 8.06. The number of hydrogen-bond acceptors (Lipinski definition) is 4. The summed E-state index contributed by atoms with van der Waals surface area (Å²) < 4.78 is 32.4. The summed E-state index contributed by atoms with van der Waals surface area (Å²) in [6.07, 6.45) is 0.862. The number of nitrogens with one attached hydrogen (secondary N) is 2. The summed E-state index contributed by atoms with van der Waals surface area (Å²) in [7, 11) is -1.94. The number of amides is 1. The summed E-state index contributed by atoms with van der Waals surface area (Å²) >= 11 is 0. The smallest absolute Gasteiger partial charge is 0.241 e. The number of benzene rings is 2. The monoisotopic (exact) mass is 418 g/mol. The number of methoxy groups -OCH3 is 1. The Labute approximate surface area is 173 Å². The third-order valence-electron chi connectivity index (χ3n) is 4.31. The predicted molar refractivity (Wildman–Crippen MR) is 114 cm³/mol. The lowest BCUT2D eigenvalue weighted by Crippen LogP contribution is -2.40. The number of carbonyl (C=O) groups excluding carboxylic acids is 1. The van der Waals surface area contributed by atoms with E-state index in [0.717, 1.165) is 16.9 Å². The number of rotatable bonds is 8. The van der Waals surface area contributed by atoms with Gasteiger partial charge in [-0.15, -0.1) is 0 Å². The summed E-state index contributed by atoms with van der Waals surface area (Å²) in [5, 5.41) is 2.98. The number of aryl methyl sites for hydroxylation is 1. The Bertz CT molecular complexity index is 915. The van der Waals surface area contributed by atoms with E-state index in [1.807, 2.05) is 31.2 Å². The number of hydrogen-bond donors (Lipinski definition) is 2. The molecular formula is C22H30N2O4S. The molecule has 1 atom stereocenters. The molecule has 158 valence electrons. The van der Waals surface area contributed by atoms with Gasteiger partial charge in [-0.05, 0) is 69.5 Å². The maximum Gasteiger partial charge on any atom is 0.241 e. The third kappa shape index (κ3) is 7.18. The Balaban J connectivity index is 1.89. The third-order valence-corrected chi connectivity index (χ3v) is 6.08. The van der Waals surface area contributed by atoms with Crippen molar-refractivity contribution in [2.45, 2.75) is 57.0 Å². The van der Waals surface area contributed by atoms with Gasteiger partial charge < -0.3 is 10.1 Å². The van der Waals surface area contributed by atoms with Crippen molar-refractivity contribution in [3.05, 3.63) is 59.7 Å². The van der Waals surface area contributed by atoms with Crippen LogP contribution in [0.1, 0.15) is 51.3 Å². The Morgan fingerprint density at radius 1 is 1.03 bits per heavy atom. The lowest BCUT2D eigenvalue weighted by atomic mass is 10.1. The van der Waals surface area contributed by atoms with Crippen molar-refractivity contribution in [3.8, 4) is 5.75 Å². The van der Waals surface area contributed by atoms with Crippen molar-refractivity contribution in [2.75, 3.05) is 7.11 Å². The molecular weight excluding hydrogens is 388 g/mol. The average molecular weight is 419 g/mol. The van der Waals surface area contributed by atoms with Crippen molar-refractivity contribution >= 4 is 15.9 Å². The van der Waals surface area contributed by atoms with Crippen LogP contribution in [0.4, 0.5) is 0 Å². The first-order valence-corrected chi connectivity index (χ1v) is 11.0. The molecule has 0 saturated heterocycles.